The van der Waals surface area contributed by atoms with Crippen LogP contribution in [0.25, 0.3) is 0 Å². The Bertz CT molecular complexity index is 482. The van der Waals surface area contributed by atoms with Gasteiger partial charge < -0.3 is 11.1 Å². The number of carbonyl (C=O) groups is 1. The number of amides is 1. The van der Waals surface area contributed by atoms with Crippen LogP contribution < -0.4 is 11.1 Å². The highest BCUT2D eigenvalue weighted by Gasteiger charge is 2.34. The maximum Gasteiger partial charge on any atom is 0.220 e. The standard InChI is InChI=1S/C16H30N2O3S.ClH/c1-22(20,21)14-7-5-13(6-8-14)18-15(19)11-16(12-17)9-3-2-4-10-16;/h13-14H,2-12,17H2,1H3,(H,18,19);1H. The number of carbonyl (C=O) groups excluding carboxylic acids is 1. The summed E-state index contributed by atoms with van der Waals surface area (Å²) < 4.78 is 23.1. The molecule has 5 nitrogen and oxygen atoms in total. The average molecular weight is 367 g/mol. The summed E-state index contributed by atoms with van der Waals surface area (Å²) in [7, 11) is -2.94. The van der Waals surface area contributed by atoms with E-state index in [9.17, 15) is 13.2 Å². The molecule has 0 spiro atoms. The Labute approximate surface area is 146 Å². The summed E-state index contributed by atoms with van der Waals surface area (Å²) in [6.45, 7) is 0.585. The van der Waals surface area contributed by atoms with E-state index in [4.69, 9.17) is 5.73 Å². The molecule has 0 aliphatic heterocycles. The third kappa shape index (κ3) is 5.91. The molecule has 0 aromatic heterocycles. The molecule has 0 aromatic rings. The topological polar surface area (TPSA) is 89.3 Å². The molecule has 0 radical (unpaired) electrons. The summed E-state index contributed by atoms with van der Waals surface area (Å²) in [4.78, 5) is 12.3. The third-order valence-electron chi connectivity index (χ3n) is 5.53. The Balaban J connectivity index is 0.00000264. The summed E-state index contributed by atoms with van der Waals surface area (Å²) in [5.41, 5.74) is 5.93. The second-order valence-electron chi connectivity index (χ2n) is 7.31. The van der Waals surface area contributed by atoms with E-state index in [0.29, 0.717) is 25.8 Å². The minimum absolute atomic E-state index is 0. The van der Waals surface area contributed by atoms with Crippen LogP contribution in [0.4, 0.5) is 0 Å². The minimum Gasteiger partial charge on any atom is -0.353 e. The van der Waals surface area contributed by atoms with E-state index in [0.717, 1.165) is 25.7 Å². The predicted octanol–water partition coefficient (Wildman–Crippen LogP) is 2.18. The van der Waals surface area contributed by atoms with Crippen LogP contribution in [-0.2, 0) is 14.6 Å². The van der Waals surface area contributed by atoms with E-state index in [2.05, 4.69) is 5.32 Å². The summed E-state index contributed by atoms with van der Waals surface area (Å²) in [6.07, 6.45) is 10.4. The fraction of sp³-hybridized carbons (Fsp3) is 0.938. The number of nitrogens with one attached hydrogen (secondary N) is 1. The van der Waals surface area contributed by atoms with E-state index in [1.54, 1.807) is 0 Å². The highest BCUT2D eigenvalue weighted by Crippen LogP contribution is 2.38. The summed E-state index contributed by atoms with van der Waals surface area (Å²) in [5, 5.41) is 2.88. The molecular weight excluding hydrogens is 336 g/mol. The van der Waals surface area contributed by atoms with Gasteiger partial charge in [-0.15, -0.1) is 12.4 Å². The van der Waals surface area contributed by atoms with E-state index in [1.807, 2.05) is 0 Å². The van der Waals surface area contributed by atoms with Gasteiger partial charge in [0.25, 0.3) is 0 Å². The molecule has 2 saturated carbocycles. The molecule has 23 heavy (non-hydrogen) atoms. The van der Waals surface area contributed by atoms with E-state index in [1.165, 1.54) is 25.5 Å². The molecule has 0 atom stereocenters. The van der Waals surface area contributed by atoms with Crippen molar-refractivity contribution in [3.05, 3.63) is 0 Å². The lowest BCUT2D eigenvalue weighted by Gasteiger charge is -2.36. The Morgan fingerprint density at radius 2 is 1.70 bits per heavy atom. The van der Waals surface area contributed by atoms with Gasteiger partial charge >= 0.3 is 0 Å². The maximum atomic E-state index is 12.3. The Kier molecular flexibility index (Phi) is 7.81. The highest BCUT2D eigenvalue weighted by atomic mass is 35.5. The van der Waals surface area contributed by atoms with Crippen LogP contribution in [0.15, 0.2) is 0 Å². The van der Waals surface area contributed by atoms with Gasteiger partial charge in [-0.2, -0.15) is 0 Å². The van der Waals surface area contributed by atoms with Crippen molar-refractivity contribution < 1.29 is 13.2 Å². The molecule has 0 bridgehead atoms. The van der Waals surface area contributed by atoms with Crippen LogP contribution >= 0.6 is 12.4 Å². The number of sulfone groups is 1. The molecule has 2 aliphatic carbocycles. The highest BCUT2D eigenvalue weighted by molar-refractivity contribution is 7.91. The summed E-state index contributed by atoms with van der Waals surface area (Å²) >= 11 is 0. The Morgan fingerprint density at radius 1 is 1.13 bits per heavy atom. The second kappa shape index (κ2) is 8.67. The van der Waals surface area contributed by atoms with Gasteiger partial charge in [-0.05, 0) is 50.5 Å². The van der Waals surface area contributed by atoms with Gasteiger partial charge in [-0.25, -0.2) is 8.42 Å². The quantitative estimate of drug-likeness (QED) is 0.780. The lowest BCUT2D eigenvalue weighted by atomic mass is 9.71. The van der Waals surface area contributed by atoms with Crippen molar-refractivity contribution in [2.45, 2.75) is 75.5 Å². The van der Waals surface area contributed by atoms with Gasteiger partial charge in [-0.1, -0.05) is 19.3 Å². The van der Waals surface area contributed by atoms with Crippen LogP contribution in [0.1, 0.15) is 64.2 Å². The molecule has 136 valence electrons. The zero-order valence-electron chi connectivity index (χ0n) is 14.1. The lowest BCUT2D eigenvalue weighted by Crippen LogP contribution is -2.44. The smallest absolute Gasteiger partial charge is 0.220 e. The average Bonchev–Trinajstić information content (AvgIpc) is 2.47. The van der Waals surface area contributed by atoms with Crippen molar-refractivity contribution >= 4 is 28.2 Å². The van der Waals surface area contributed by atoms with E-state index >= 15 is 0 Å². The molecule has 2 aliphatic rings. The molecule has 0 heterocycles. The maximum absolute atomic E-state index is 12.3. The Morgan fingerprint density at radius 3 is 2.17 bits per heavy atom. The van der Waals surface area contributed by atoms with Crippen LogP contribution in [0, 0.1) is 5.41 Å². The SMILES string of the molecule is CS(=O)(=O)C1CCC(NC(=O)CC2(CN)CCCCC2)CC1.Cl. The summed E-state index contributed by atoms with van der Waals surface area (Å²) in [5.74, 6) is 0.0927. The van der Waals surface area contributed by atoms with Crippen molar-refractivity contribution in [1.29, 1.82) is 0 Å². The number of halogens is 1. The van der Waals surface area contributed by atoms with Crippen molar-refractivity contribution in [1.82, 2.24) is 5.32 Å². The van der Waals surface area contributed by atoms with Crippen molar-refractivity contribution in [2.24, 2.45) is 11.1 Å². The molecule has 0 unspecified atom stereocenters. The number of hydrogen-bond donors (Lipinski definition) is 2. The molecular formula is C16H31ClN2O3S. The van der Waals surface area contributed by atoms with Crippen LogP contribution in [0.5, 0.6) is 0 Å². The van der Waals surface area contributed by atoms with Gasteiger partial charge in [0.05, 0.1) is 5.25 Å². The lowest BCUT2D eigenvalue weighted by molar-refractivity contribution is -0.124. The monoisotopic (exact) mass is 366 g/mol. The van der Waals surface area contributed by atoms with Crippen LogP contribution in [0.3, 0.4) is 0 Å². The zero-order valence-corrected chi connectivity index (χ0v) is 15.7. The molecule has 2 rings (SSSR count). The van der Waals surface area contributed by atoms with Gasteiger partial charge in [0.2, 0.25) is 5.91 Å². The first-order valence-electron chi connectivity index (χ1n) is 8.53. The van der Waals surface area contributed by atoms with E-state index in [-0.39, 0.29) is 35.0 Å². The fourth-order valence-corrected chi connectivity index (χ4v) is 5.14. The van der Waals surface area contributed by atoms with Gasteiger partial charge in [0.1, 0.15) is 9.84 Å². The normalized spacial score (nSPS) is 27.7. The third-order valence-corrected chi connectivity index (χ3v) is 7.21. The largest absolute Gasteiger partial charge is 0.353 e. The first-order chi connectivity index (χ1) is 10.3. The number of hydrogen-bond acceptors (Lipinski definition) is 4. The molecule has 2 fully saturated rings. The van der Waals surface area contributed by atoms with Crippen molar-refractivity contribution in [3.63, 3.8) is 0 Å². The number of rotatable bonds is 5. The molecule has 7 heteroatoms. The van der Waals surface area contributed by atoms with Gasteiger partial charge in [0.15, 0.2) is 0 Å². The molecule has 0 aromatic carbocycles. The fourth-order valence-electron chi connectivity index (χ4n) is 4.01. The van der Waals surface area contributed by atoms with Gasteiger partial charge in [-0.3, -0.25) is 4.79 Å². The molecule has 0 saturated heterocycles. The number of nitrogens with two attached hydrogens (primary N) is 1. The van der Waals surface area contributed by atoms with Crippen LogP contribution in [-0.4, -0.2) is 38.4 Å². The van der Waals surface area contributed by atoms with Crippen molar-refractivity contribution in [3.8, 4) is 0 Å². The van der Waals surface area contributed by atoms with Crippen molar-refractivity contribution in [2.75, 3.05) is 12.8 Å². The first kappa shape index (κ1) is 20.7. The minimum atomic E-state index is -2.94. The Hall–Kier alpha value is -0.330. The molecule has 3 N–H and O–H groups in total. The van der Waals surface area contributed by atoms with E-state index < -0.39 is 9.84 Å². The second-order valence-corrected chi connectivity index (χ2v) is 9.64. The first-order valence-corrected chi connectivity index (χ1v) is 10.5. The summed E-state index contributed by atoms with van der Waals surface area (Å²) in [6, 6.07) is 0.129. The molecule has 1 amide bonds. The van der Waals surface area contributed by atoms with Gasteiger partial charge in [0, 0.05) is 18.7 Å². The zero-order chi connectivity index (χ0) is 16.2. The predicted molar refractivity (Wildman–Crippen MR) is 95.5 cm³/mol. The van der Waals surface area contributed by atoms with Crippen LogP contribution in [0.2, 0.25) is 0 Å².